The van der Waals surface area contributed by atoms with E-state index in [-0.39, 0.29) is 5.56 Å². The molecule has 2 N–H and O–H groups in total. The third kappa shape index (κ3) is 3.21. The Morgan fingerprint density at radius 1 is 1.16 bits per heavy atom. The number of amides is 1. The van der Waals surface area contributed by atoms with E-state index < -0.39 is 29.6 Å². The molecule has 5 nitrogen and oxygen atoms in total. The van der Waals surface area contributed by atoms with Crippen molar-refractivity contribution in [3.8, 4) is 0 Å². The lowest BCUT2D eigenvalue weighted by molar-refractivity contribution is -0.143. The van der Waals surface area contributed by atoms with Crippen molar-refractivity contribution in [1.82, 2.24) is 10.3 Å². The van der Waals surface area contributed by atoms with E-state index in [0.717, 1.165) is 24.8 Å². The Kier molecular flexibility index (Phi) is 4.47. The number of rotatable bonds is 4. The van der Waals surface area contributed by atoms with Crippen LogP contribution < -0.4 is 5.32 Å². The molecular formula is C18H14F2N2O3. The summed E-state index contributed by atoms with van der Waals surface area (Å²) in [6.07, 6.45) is 1.68. The molecular weight excluding hydrogens is 330 g/mol. The maximum absolute atomic E-state index is 14.0. The van der Waals surface area contributed by atoms with Crippen molar-refractivity contribution in [2.24, 2.45) is 0 Å². The van der Waals surface area contributed by atoms with E-state index in [1.54, 1.807) is 30.5 Å². The Balaban J connectivity index is 1.97. The fraction of sp³-hybridized carbons (Fsp3) is 0.111. The Bertz CT molecular complexity index is 952. The van der Waals surface area contributed by atoms with Crippen molar-refractivity contribution in [1.29, 1.82) is 0 Å². The van der Waals surface area contributed by atoms with Gasteiger partial charge in [-0.15, -0.1) is 0 Å². The predicted octanol–water partition coefficient (Wildman–Crippen LogP) is 3.09. The number of ether oxygens (including phenoxy) is 1. The van der Waals surface area contributed by atoms with Gasteiger partial charge in [-0.1, -0.05) is 12.1 Å². The van der Waals surface area contributed by atoms with E-state index in [2.05, 4.69) is 15.0 Å². The summed E-state index contributed by atoms with van der Waals surface area (Å²) in [5, 5.41) is 3.11. The van der Waals surface area contributed by atoms with E-state index in [0.29, 0.717) is 17.0 Å². The molecule has 0 aliphatic heterocycles. The van der Waals surface area contributed by atoms with Crippen LogP contribution in [0.25, 0.3) is 10.9 Å². The maximum atomic E-state index is 14.0. The molecule has 3 aromatic rings. The number of aromatic amines is 1. The number of methoxy groups -OCH3 is 1. The summed E-state index contributed by atoms with van der Waals surface area (Å²) in [7, 11) is 1.12. The van der Waals surface area contributed by atoms with E-state index in [9.17, 15) is 18.4 Å². The minimum absolute atomic E-state index is 0.178. The maximum Gasteiger partial charge on any atom is 0.333 e. The second kappa shape index (κ2) is 6.72. The number of hydrogen-bond donors (Lipinski definition) is 2. The van der Waals surface area contributed by atoms with Crippen LogP contribution in [0, 0.1) is 11.6 Å². The molecule has 0 spiro atoms. The number of carbonyl (C=O) groups is 2. The number of esters is 1. The summed E-state index contributed by atoms with van der Waals surface area (Å²) in [6.45, 7) is 0. The molecule has 1 atom stereocenters. The first kappa shape index (κ1) is 16.6. The van der Waals surface area contributed by atoms with Gasteiger partial charge in [0.1, 0.15) is 11.6 Å². The Labute approximate surface area is 141 Å². The highest BCUT2D eigenvalue weighted by molar-refractivity contribution is 6.07. The largest absolute Gasteiger partial charge is 0.467 e. The van der Waals surface area contributed by atoms with Crippen molar-refractivity contribution in [2.75, 3.05) is 7.11 Å². The van der Waals surface area contributed by atoms with Gasteiger partial charge in [-0.05, 0) is 24.3 Å². The number of aromatic nitrogens is 1. The van der Waals surface area contributed by atoms with Crippen LogP contribution in [0.2, 0.25) is 0 Å². The lowest BCUT2D eigenvalue weighted by Crippen LogP contribution is -2.35. The van der Waals surface area contributed by atoms with Crippen LogP contribution in [0.1, 0.15) is 22.0 Å². The molecule has 0 bridgehead atoms. The fourth-order valence-corrected chi connectivity index (χ4v) is 2.61. The topological polar surface area (TPSA) is 71.2 Å². The minimum atomic E-state index is -1.40. The van der Waals surface area contributed by atoms with Crippen LogP contribution in [-0.4, -0.2) is 24.0 Å². The van der Waals surface area contributed by atoms with Crippen molar-refractivity contribution >= 4 is 22.8 Å². The Morgan fingerprint density at radius 2 is 1.96 bits per heavy atom. The molecule has 1 amide bonds. The van der Waals surface area contributed by atoms with Crippen molar-refractivity contribution < 1.29 is 23.1 Å². The fourth-order valence-electron chi connectivity index (χ4n) is 2.61. The summed E-state index contributed by atoms with van der Waals surface area (Å²) in [5.74, 6) is -3.17. The van der Waals surface area contributed by atoms with Crippen molar-refractivity contribution in [3.63, 3.8) is 0 Å². The Hall–Kier alpha value is -3.22. The number of carbonyl (C=O) groups excluding carboxylic acids is 2. The van der Waals surface area contributed by atoms with Crippen LogP contribution in [-0.2, 0) is 9.53 Å². The molecule has 1 unspecified atom stereocenters. The van der Waals surface area contributed by atoms with Gasteiger partial charge in [-0.25, -0.2) is 13.6 Å². The van der Waals surface area contributed by atoms with Crippen LogP contribution in [0.3, 0.4) is 0 Å². The van der Waals surface area contributed by atoms with Gasteiger partial charge >= 0.3 is 5.97 Å². The van der Waals surface area contributed by atoms with Gasteiger partial charge in [0.2, 0.25) is 0 Å². The van der Waals surface area contributed by atoms with Crippen LogP contribution >= 0.6 is 0 Å². The average Bonchev–Trinajstić information content (AvgIpc) is 3.08. The molecule has 1 heterocycles. The summed E-state index contributed by atoms with van der Waals surface area (Å²) >= 11 is 0. The lowest BCUT2D eigenvalue weighted by atomic mass is 10.0. The lowest BCUT2D eigenvalue weighted by Gasteiger charge is -2.18. The predicted molar refractivity (Wildman–Crippen MR) is 86.9 cm³/mol. The summed E-state index contributed by atoms with van der Waals surface area (Å²) < 4.78 is 31.8. The van der Waals surface area contributed by atoms with E-state index in [1.807, 2.05) is 0 Å². The average molecular weight is 344 g/mol. The molecule has 0 aliphatic carbocycles. The normalized spacial score (nSPS) is 12.0. The van der Waals surface area contributed by atoms with Gasteiger partial charge in [0.15, 0.2) is 6.04 Å². The first-order chi connectivity index (χ1) is 12.0. The zero-order valence-electron chi connectivity index (χ0n) is 13.2. The molecule has 3 rings (SSSR count). The summed E-state index contributed by atoms with van der Waals surface area (Å²) in [5.41, 5.74) is 0.883. The van der Waals surface area contributed by atoms with Gasteiger partial charge in [-0.2, -0.15) is 0 Å². The summed E-state index contributed by atoms with van der Waals surface area (Å²) in [6, 6.07) is 8.13. The summed E-state index contributed by atoms with van der Waals surface area (Å²) in [4.78, 5) is 27.6. The molecule has 1 aromatic heterocycles. The third-order valence-corrected chi connectivity index (χ3v) is 3.83. The molecule has 25 heavy (non-hydrogen) atoms. The van der Waals surface area contributed by atoms with Gasteiger partial charge in [0.25, 0.3) is 5.91 Å². The molecule has 0 fully saturated rings. The number of nitrogens with one attached hydrogen (secondary N) is 2. The number of hydrogen-bond acceptors (Lipinski definition) is 3. The number of H-pyrrole nitrogens is 1. The second-order valence-electron chi connectivity index (χ2n) is 5.34. The number of halogens is 2. The molecule has 0 aliphatic rings. The standard InChI is InChI=1S/C18H14F2N2O3/c1-25-18(24)16(13-6-5-10(19)9-14(13)20)22-17(23)12-3-2-4-15-11(12)7-8-21-15/h2-9,16,21H,1H3,(H,22,23). The number of fused-ring (bicyclic) bond motifs is 1. The van der Waals surface area contributed by atoms with E-state index in [1.165, 1.54) is 0 Å². The van der Waals surface area contributed by atoms with Gasteiger partial charge in [0.05, 0.1) is 7.11 Å². The third-order valence-electron chi connectivity index (χ3n) is 3.83. The molecule has 128 valence electrons. The Morgan fingerprint density at radius 3 is 2.68 bits per heavy atom. The van der Waals surface area contributed by atoms with Crippen molar-refractivity contribution in [3.05, 3.63) is 71.4 Å². The van der Waals surface area contributed by atoms with Gasteiger partial charge in [-0.3, -0.25) is 4.79 Å². The SMILES string of the molecule is COC(=O)C(NC(=O)c1cccc2[nH]ccc12)c1ccc(F)cc1F. The smallest absolute Gasteiger partial charge is 0.333 e. The monoisotopic (exact) mass is 344 g/mol. The minimum Gasteiger partial charge on any atom is -0.467 e. The van der Waals surface area contributed by atoms with Crippen LogP contribution in [0.15, 0.2) is 48.7 Å². The molecule has 0 saturated heterocycles. The molecule has 0 radical (unpaired) electrons. The van der Waals surface area contributed by atoms with Crippen LogP contribution in [0.5, 0.6) is 0 Å². The zero-order valence-corrected chi connectivity index (χ0v) is 13.2. The molecule has 2 aromatic carbocycles. The first-order valence-electron chi connectivity index (χ1n) is 7.41. The molecule has 7 heteroatoms. The van der Waals surface area contributed by atoms with E-state index in [4.69, 9.17) is 0 Å². The zero-order chi connectivity index (χ0) is 18.0. The quantitative estimate of drug-likeness (QED) is 0.715. The highest BCUT2D eigenvalue weighted by Gasteiger charge is 2.27. The number of benzene rings is 2. The van der Waals surface area contributed by atoms with Crippen molar-refractivity contribution in [2.45, 2.75) is 6.04 Å². The van der Waals surface area contributed by atoms with E-state index >= 15 is 0 Å². The first-order valence-corrected chi connectivity index (χ1v) is 7.41. The van der Waals surface area contributed by atoms with Gasteiger partial charge < -0.3 is 15.0 Å². The van der Waals surface area contributed by atoms with Gasteiger partial charge in [0, 0.05) is 34.3 Å². The van der Waals surface area contributed by atoms with Crippen LogP contribution in [0.4, 0.5) is 8.78 Å². The molecule has 0 saturated carbocycles. The highest BCUT2D eigenvalue weighted by atomic mass is 19.1. The highest BCUT2D eigenvalue weighted by Crippen LogP contribution is 2.22. The second-order valence-corrected chi connectivity index (χ2v) is 5.34.